The normalized spacial score (nSPS) is 20.0. The van der Waals surface area contributed by atoms with Crippen molar-refractivity contribution >= 4 is 27.5 Å². The van der Waals surface area contributed by atoms with Gasteiger partial charge in [-0.2, -0.15) is 0 Å². The zero-order chi connectivity index (χ0) is 23.4. The molecule has 8 nitrogen and oxygen atoms in total. The zero-order valence-electron chi connectivity index (χ0n) is 18.8. The van der Waals surface area contributed by atoms with Crippen molar-refractivity contribution in [2.75, 3.05) is 49.3 Å². The van der Waals surface area contributed by atoms with Gasteiger partial charge < -0.3 is 10.2 Å². The summed E-state index contributed by atoms with van der Waals surface area (Å²) in [5, 5.41) is 3.02. The van der Waals surface area contributed by atoms with Crippen LogP contribution in [0.1, 0.15) is 35.3 Å². The summed E-state index contributed by atoms with van der Waals surface area (Å²) in [4.78, 5) is 29.9. The van der Waals surface area contributed by atoms with E-state index in [4.69, 9.17) is 0 Å². The first-order valence-corrected chi connectivity index (χ1v) is 13.0. The third-order valence-corrected chi connectivity index (χ3v) is 8.05. The minimum absolute atomic E-state index is 0.0389. The molecule has 0 radical (unpaired) electrons. The van der Waals surface area contributed by atoms with Crippen molar-refractivity contribution < 1.29 is 18.0 Å². The highest BCUT2D eigenvalue weighted by molar-refractivity contribution is 7.94. The van der Waals surface area contributed by atoms with Gasteiger partial charge in [0, 0.05) is 44.7 Å². The van der Waals surface area contributed by atoms with Gasteiger partial charge in [0.1, 0.15) is 0 Å². The first-order chi connectivity index (χ1) is 15.9. The van der Waals surface area contributed by atoms with E-state index in [1.807, 2.05) is 18.2 Å². The van der Waals surface area contributed by atoms with E-state index in [0.717, 1.165) is 42.6 Å². The number of amides is 2. The fourth-order valence-electron chi connectivity index (χ4n) is 4.46. The highest BCUT2D eigenvalue weighted by Crippen LogP contribution is 2.26. The van der Waals surface area contributed by atoms with Crippen LogP contribution < -0.4 is 9.62 Å². The number of anilines is 1. The number of carbonyl (C=O) groups excluding carboxylic acids is 2. The Morgan fingerprint density at radius 3 is 2.39 bits per heavy atom. The molecular weight excluding hydrogens is 440 g/mol. The largest absolute Gasteiger partial charge is 0.350 e. The summed E-state index contributed by atoms with van der Waals surface area (Å²) in [6, 6.07) is 16.4. The molecule has 2 heterocycles. The molecule has 2 aromatic carbocycles. The second-order valence-electron chi connectivity index (χ2n) is 8.38. The van der Waals surface area contributed by atoms with Gasteiger partial charge in [-0.05, 0) is 30.3 Å². The molecule has 2 aliphatic rings. The van der Waals surface area contributed by atoms with Crippen LogP contribution in [-0.2, 0) is 14.8 Å². The molecule has 2 aliphatic heterocycles. The molecule has 176 valence electrons. The lowest BCUT2D eigenvalue weighted by molar-refractivity contribution is -0.116. The number of sulfonamides is 1. The second kappa shape index (κ2) is 10.0. The van der Waals surface area contributed by atoms with Gasteiger partial charge >= 0.3 is 0 Å². The van der Waals surface area contributed by atoms with Gasteiger partial charge in [-0.25, -0.2) is 12.7 Å². The predicted octanol–water partition coefficient (Wildman–Crippen LogP) is 1.86. The van der Waals surface area contributed by atoms with E-state index in [0.29, 0.717) is 12.1 Å². The Hall–Kier alpha value is -2.75. The van der Waals surface area contributed by atoms with E-state index in [1.165, 1.54) is 12.1 Å². The number of hydrogen-bond acceptors (Lipinski definition) is 6. The number of rotatable bonds is 7. The summed E-state index contributed by atoms with van der Waals surface area (Å²) in [6.07, 6.45) is -0.0389. The van der Waals surface area contributed by atoms with Crippen LogP contribution in [0.3, 0.4) is 0 Å². The number of nitrogens with one attached hydrogen (secondary N) is 1. The first-order valence-electron chi connectivity index (χ1n) is 11.3. The van der Waals surface area contributed by atoms with E-state index in [1.54, 1.807) is 12.1 Å². The van der Waals surface area contributed by atoms with E-state index >= 15 is 0 Å². The Balaban J connectivity index is 1.48. The Labute approximate surface area is 195 Å². The van der Waals surface area contributed by atoms with Crippen LogP contribution >= 0.6 is 0 Å². The van der Waals surface area contributed by atoms with Crippen molar-refractivity contribution in [3.63, 3.8) is 0 Å². The van der Waals surface area contributed by atoms with Crippen molar-refractivity contribution in [1.29, 1.82) is 0 Å². The molecule has 0 aromatic heterocycles. The standard InChI is InChI=1S/C24H30N4O4S/c1-2-26-12-14-27(15-13-26)22(19-7-4-3-5-8-19)18-25-24(30)20-9-6-10-21(17-20)28-23(29)11-16-33(28,31)32/h3-10,17,22H,2,11-16,18H2,1H3,(H,25,30)/t22-/m1/s1. The molecular formula is C24H30N4O4S. The molecule has 0 bridgehead atoms. The molecule has 2 aromatic rings. The van der Waals surface area contributed by atoms with Crippen molar-refractivity contribution in [1.82, 2.24) is 15.1 Å². The maximum absolute atomic E-state index is 13.0. The molecule has 2 fully saturated rings. The van der Waals surface area contributed by atoms with Gasteiger partial charge in [-0.3, -0.25) is 14.5 Å². The zero-order valence-corrected chi connectivity index (χ0v) is 19.6. The Morgan fingerprint density at radius 1 is 1.03 bits per heavy atom. The molecule has 0 spiro atoms. The first kappa shape index (κ1) is 23.4. The van der Waals surface area contributed by atoms with Crippen LogP contribution in [0.4, 0.5) is 5.69 Å². The maximum Gasteiger partial charge on any atom is 0.251 e. The van der Waals surface area contributed by atoms with Crippen LogP contribution in [0, 0.1) is 0 Å². The van der Waals surface area contributed by atoms with Crippen LogP contribution in [0.15, 0.2) is 54.6 Å². The Bertz CT molecular complexity index is 1100. The quantitative estimate of drug-likeness (QED) is 0.665. The van der Waals surface area contributed by atoms with E-state index in [-0.39, 0.29) is 29.8 Å². The van der Waals surface area contributed by atoms with Crippen LogP contribution in [0.2, 0.25) is 0 Å². The van der Waals surface area contributed by atoms with Gasteiger partial charge in [-0.15, -0.1) is 0 Å². The summed E-state index contributed by atoms with van der Waals surface area (Å²) in [7, 11) is -3.67. The summed E-state index contributed by atoms with van der Waals surface area (Å²) in [5.74, 6) is -0.969. The molecule has 1 N–H and O–H groups in total. The van der Waals surface area contributed by atoms with Crippen LogP contribution in [0.25, 0.3) is 0 Å². The Morgan fingerprint density at radius 2 is 1.76 bits per heavy atom. The van der Waals surface area contributed by atoms with Crippen molar-refractivity contribution in [2.24, 2.45) is 0 Å². The number of hydrogen-bond donors (Lipinski definition) is 1. The van der Waals surface area contributed by atoms with Gasteiger partial charge in [0.25, 0.3) is 5.91 Å². The molecule has 0 unspecified atom stereocenters. The van der Waals surface area contributed by atoms with Gasteiger partial charge in [0.2, 0.25) is 15.9 Å². The van der Waals surface area contributed by atoms with Gasteiger partial charge in [0.15, 0.2) is 0 Å². The number of carbonyl (C=O) groups is 2. The van der Waals surface area contributed by atoms with E-state index in [2.05, 4.69) is 34.2 Å². The lowest BCUT2D eigenvalue weighted by atomic mass is 10.0. The topological polar surface area (TPSA) is 90.0 Å². The molecule has 4 rings (SSSR count). The fourth-order valence-corrected chi connectivity index (χ4v) is 5.91. The molecule has 0 aliphatic carbocycles. The predicted molar refractivity (Wildman–Crippen MR) is 128 cm³/mol. The minimum atomic E-state index is -3.67. The number of benzene rings is 2. The smallest absolute Gasteiger partial charge is 0.251 e. The number of piperazine rings is 1. The summed E-state index contributed by atoms with van der Waals surface area (Å²) >= 11 is 0. The number of nitrogens with zero attached hydrogens (tertiary/aromatic N) is 3. The lowest BCUT2D eigenvalue weighted by Gasteiger charge is -2.39. The average Bonchev–Trinajstić information content (AvgIpc) is 3.12. The monoisotopic (exact) mass is 470 g/mol. The second-order valence-corrected chi connectivity index (χ2v) is 10.3. The Kier molecular flexibility index (Phi) is 7.11. The van der Waals surface area contributed by atoms with Gasteiger partial charge in [-0.1, -0.05) is 43.3 Å². The molecule has 9 heteroatoms. The lowest BCUT2D eigenvalue weighted by Crippen LogP contribution is -2.49. The van der Waals surface area contributed by atoms with Crippen molar-refractivity contribution in [2.45, 2.75) is 19.4 Å². The highest BCUT2D eigenvalue weighted by Gasteiger charge is 2.36. The van der Waals surface area contributed by atoms with Crippen LogP contribution in [0.5, 0.6) is 0 Å². The van der Waals surface area contributed by atoms with Gasteiger partial charge in [0.05, 0.1) is 17.5 Å². The van der Waals surface area contributed by atoms with Crippen LogP contribution in [-0.4, -0.2) is 75.1 Å². The third kappa shape index (κ3) is 5.26. The third-order valence-electron chi connectivity index (χ3n) is 6.36. The molecule has 0 saturated carbocycles. The van der Waals surface area contributed by atoms with Crippen molar-refractivity contribution in [3.8, 4) is 0 Å². The summed E-state index contributed by atoms with van der Waals surface area (Å²) in [5.41, 5.74) is 1.68. The highest BCUT2D eigenvalue weighted by atomic mass is 32.2. The van der Waals surface area contributed by atoms with Crippen molar-refractivity contribution in [3.05, 3.63) is 65.7 Å². The average molecular weight is 471 g/mol. The summed E-state index contributed by atoms with van der Waals surface area (Å²) in [6.45, 7) is 7.47. The molecule has 1 atom stereocenters. The molecule has 2 amide bonds. The minimum Gasteiger partial charge on any atom is -0.350 e. The SMILES string of the molecule is CCN1CCN([C@H](CNC(=O)c2cccc(N3C(=O)CCS3(=O)=O)c2)c2ccccc2)CC1. The molecule has 33 heavy (non-hydrogen) atoms. The molecule has 2 saturated heterocycles. The fraction of sp³-hybridized carbons (Fsp3) is 0.417. The van der Waals surface area contributed by atoms with E-state index < -0.39 is 15.9 Å². The maximum atomic E-state index is 13.0. The van der Waals surface area contributed by atoms with E-state index in [9.17, 15) is 18.0 Å². The number of likely N-dealkylation sites (N-methyl/N-ethyl adjacent to an activating group) is 1. The summed E-state index contributed by atoms with van der Waals surface area (Å²) < 4.78 is 25.3.